The van der Waals surface area contributed by atoms with Gasteiger partial charge < -0.3 is 14.2 Å². The molecule has 3 atom stereocenters. The number of nitrogens with zero attached hydrogens (tertiary/aromatic N) is 1. The number of hydrogen-bond acceptors (Lipinski definition) is 3. The van der Waals surface area contributed by atoms with Crippen molar-refractivity contribution in [2.75, 3.05) is 32.6 Å². The fourth-order valence-corrected chi connectivity index (χ4v) is 5.94. The normalized spacial score (nSPS) is 27.4. The van der Waals surface area contributed by atoms with Gasteiger partial charge >= 0.3 is 0 Å². The Bertz CT molecular complexity index is 902. The summed E-state index contributed by atoms with van der Waals surface area (Å²) in [7, 11) is 0. The Morgan fingerprint density at radius 1 is 1.07 bits per heavy atom. The van der Waals surface area contributed by atoms with Crippen LogP contribution in [0.4, 0.5) is 0 Å². The second kappa shape index (κ2) is 7.69. The molecule has 1 aromatic heterocycles. The Kier molecular flexibility index (Phi) is 5.07. The molecular formula is C23H29N2O2S+. The Morgan fingerprint density at radius 2 is 1.86 bits per heavy atom. The lowest BCUT2D eigenvalue weighted by molar-refractivity contribution is -0.937. The van der Waals surface area contributed by atoms with Crippen LogP contribution in [-0.4, -0.2) is 43.2 Å². The molecule has 0 saturated carbocycles. The number of quaternary nitrogens is 1. The van der Waals surface area contributed by atoms with Crippen molar-refractivity contribution >= 4 is 11.8 Å². The number of piperidine rings is 1. The highest BCUT2D eigenvalue weighted by molar-refractivity contribution is 7.98. The molecule has 1 aromatic carbocycles. The van der Waals surface area contributed by atoms with Crippen molar-refractivity contribution in [1.82, 2.24) is 4.57 Å². The van der Waals surface area contributed by atoms with E-state index in [4.69, 9.17) is 4.74 Å². The molecule has 2 fully saturated rings. The van der Waals surface area contributed by atoms with Crippen molar-refractivity contribution in [2.45, 2.75) is 42.7 Å². The lowest BCUT2D eigenvalue weighted by Crippen LogP contribution is -3.18. The lowest BCUT2D eigenvalue weighted by Gasteiger charge is -2.44. The van der Waals surface area contributed by atoms with E-state index in [0.717, 1.165) is 36.9 Å². The van der Waals surface area contributed by atoms with Gasteiger partial charge in [0.2, 0.25) is 0 Å². The number of ether oxygens (including phenoxy) is 1. The van der Waals surface area contributed by atoms with Gasteiger partial charge in [-0.25, -0.2) is 0 Å². The molecule has 4 nitrogen and oxygen atoms in total. The third-order valence-corrected chi connectivity index (χ3v) is 7.69. The molecule has 5 heteroatoms. The molecule has 1 unspecified atom stereocenters. The first-order chi connectivity index (χ1) is 13.7. The van der Waals surface area contributed by atoms with E-state index >= 15 is 0 Å². The van der Waals surface area contributed by atoms with Gasteiger partial charge in [0.25, 0.3) is 5.56 Å². The molecule has 0 radical (unpaired) electrons. The van der Waals surface area contributed by atoms with E-state index in [-0.39, 0.29) is 5.56 Å². The van der Waals surface area contributed by atoms with Crippen molar-refractivity contribution in [3.05, 3.63) is 52.4 Å². The van der Waals surface area contributed by atoms with Crippen LogP contribution in [0.1, 0.15) is 30.9 Å². The van der Waals surface area contributed by atoms with Crippen LogP contribution in [0.3, 0.4) is 0 Å². The summed E-state index contributed by atoms with van der Waals surface area (Å²) in [6.07, 6.45) is 5.69. The Hall–Kier alpha value is -1.56. The first-order valence-corrected chi connectivity index (χ1v) is 11.8. The van der Waals surface area contributed by atoms with E-state index < -0.39 is 0 Å². The fraction of sp³-hybridized carbons (Fsp3) is 0.522. The largest absolute Gasteiger partial charge is 0.381 e. The number of pyridine rings is 1. The van der Waals surface area contributed by atoms with Crippen LogP contribution in [0.25, 0.3) is 11.1 Å². The molecule has 0 aliphatic carbocycles. The average molecular weight is 398 g/mol. The highest BCUT2D eigenvalue weighted by Crippen LogP contribution is 2.32. The number of rotatable bonds is 3. The number of aromatic nitrogens is 1. The Morgan fingerprint density at radius 3 is 2.61 bits per heavy atom. The molecule has 2 saturated heterocycles. The molecule has 5 rings (SSSR count). The van der Waals surface area contributed by atoms with E-state index in [1.807, 2.05) is 0 Å². The van der Waals surface area contributed by atoms with Gasteiger partial charge in [-0.05, 0) is 42.5 Å². The van der Waals surface area contributed by atoms with Crippen LogP contribution < -0.4 is 10.5 Å². The van der Waals surface area contributed by atoms with Gasteiger partial charge in [-0.2, -0.15) is 0 Å². The number of fused-ring (bicyclic) bond motifs is 4. The third-order valence-electron chi connectivity index (χ3n) is 6.94. The lowest BCUT2D eigenvalue weighted by atomic mass is 9.81. The van der Waals surface area contributed by atoms with E-state index in [9.17, 15) is 4.79 Å². The third kappa shape index (κ3) is 3.34. The molecule has 1 N–H and O–H groups in total. The molecule has 28 heavy (non-hydrogen) atoms. The van der Waals surface area contributed by atoms with Gasteiger partial charge in [-0.3, -0.25) is 4.79 Å². The Labute approximate surface area is 170 Å². The van der Waals surface area contributed by atoms with Gasteiger partial charge in [-0.1, -0.05) is 12.1 Å². The maximum atomic E-state index is 13.3. The van der Waals surface area contributed by atoms with E-state index in [1.54, 1.807) is 16.7 Å². The summed E-state index contributed by atoms with van der Waals surface area (Å²) in [6, 6.07) is 13.4. The van der Waals surface area contributed by atoms with Crippen LogP contribution in [0.2, 0.25) is 0 Å². The number of thioether (sulfide) groups is 1. The molecule has 2 bridgehead atoms. The van der Waals surface area contributed by atoms with E-state index in [0.29, 0.717) is 11.8 Å². The fourth-order valence-electron chi connectivity index (χ4n) is 5.53. The summed E-state index contributed by atoms with van der Waals surface area (Å²) in [5.74, 6) is 1.14. The maximum absolute atomic E-state index is 13.3. The van der Waals surface area contributed by atoms with Crippen molar-refractivity contribution in [3.63, 3.8) is 0 Å². The second-order valence-corrected chi connectivity index (χ2v) is 9.45. The summed E-state index contributed by atoms with van der Waals surface area (Å²) in [5.41, 5.74) is 3.32. The van der Waals surface area contributed by atoms with Crippen molar-refractivity contribution < 1.29 is 9.64 Å². The zero-order valence-corrected chi connectivity index (χ0v) is 17.3. The minimum atomic E-state index is 0.193. The van der Waals surface area contributed by atoms with Gasteiger partial charge in [0, 0.05) is 47.4 Å². The Balaban J connectivity index is 1.44. The first kappa shape index (κ1) is 18.5. The summed E-state index contributed by atoms with van der Waals surface area (Å²) >= 11 is 1.73. The average Bonchev–Trinajstić information content (AvgIpc) is 2.75. The smallest absolute Gasteiger partial charge is 0.258 e. The van der Waals surface area contributed by atoms with Crippen LogP contribution in [0.15, 0.2) is 46.1 Å². The highest BCUT2D eigenvalue weighted by Gasteiger charge is 2.40. The second-order valence-electron chi connectivity index (χ2n) is 8.57. The number of nitrogens with one attached hydrogen (secondary N) is 1. The monoisotopic (exact) mass is 397 g/mol. The molecule has 3 aliphatic heterocycles. The summed E-state index contributed by atoms with van der Waals surface area (Å²) in [5, 5.41) is 0. The summed E-state index contributed by atoms with van der Waals surface area (Å²) in [4.78, 5) is 16.3. The minimum Gasteiger partial charge on any atom is -0.381 e. The van der Waals surface area contributed by atoms with Gasteiger partial charge in [0.15, 0.2) is 0 Å². The molecule has 3 aliphatic rings. The summed E-state index contributed by atoms with van der Waals surface area (Å²) in [6.45, 7) is 5.09. The van der Waals surface area contributed by atoms with Gasteiger partial charge in [0.1, 0.15) is 0 Å². The molecule has 0 amide bonds. The molecule has 0 spiro atoms. The first-order valence-electron chi connectivity index (χ1n) is 10.5. The predicted octanol–water partition coefficient (Wildman–Crippen LogP) is 2.42. The predicted molar refractivity (Wildman–Crippen MR) is 113 cm³/mol. The molecule has 148 valence electrons. The highest BCUT2D eigenvalue weighted by atomic mass is 32.2. The molecular weight excluding hydrogens is 368 g/mol. The zero-order chi connectivity index (χ0) is 19.1. The molecule has 2 aromatic rings. The number of benzene rings is 1. The topological polar surface area (TPSA) is 35.7 Å². The van der Waals surface area contributed by atoms with Gasteiger partial charge in [0.05, 0.1) is 32.3 Å². The number of likely N-dealkylation sites (tertiary alicyclic amines) is 1. The van der Waals surface area contributed by atoms with Crippen LogP contribution in [0, 0.1) is 5.92 Å². The standard InChI is InChI=1S/C23H28N2O2S/c1-28-20-4-2-17(3-5-20)21-6-7-22-18-12-16(14-25(22)23(21)26)13-24(15-18)19-8-10-27-11-9-19/h2-7,16,18-19H,8-15H2,1H3/p+1/t16-,18+/m0/s1. The van der Waals surface area contributed by atoms with Gasteiger partial charge in [-0.15, -0.1) is 11.8 Å². The van der Waals surface area contributed by atoms with Crippen LogP contribution >= 0.6 is 11.8 Å². The van der Waals surface area contributed by atoms with E-state index in [1.165, 1.54) is 42.9 Å². The quantitative estimate of drug-likeness (QED) is 0.808. The summed E-state index contributed by atoms with van der Waals surface area (Å²) < 4.78 is 7.66. The maximum Gasteiger partial charge on any atom is 0.258 e. The van der Waals surface area contributed by atoms with E-state index in [2.05, 4.69) is 47.2 Å². The number of hydrogen-bond donors (Lipinski definition) is 1. The minimum absolute atomic E-state index is 0.193. The van der Waals surface area contributed by atoms with Crippen molar-refractivity contribution in [3.8, 4) is 11.1 Å². The zero-order valence-electron chi connectivity index (χ0n) is 16.5. The van der Waals surface area contributed by atoms with Crippen LogP contribution in [0.5, 0.6) is 0 Å². The van der Waals surface area contributed by atoms with Crippen molar-refractivity contribution in [1.29, 1.82) is 0 Å². The molecule has 4 heterocycles. The van der Waals surface area contributed by atoms with Crippen LogP contribution in [-0.2, 0) is 11.3 Å². The SMILES string of the molecule is CSc1ccc(-c2ccc3n(c2=O)C[C@H]2C[C@@H]3C[NH+](C3CCOCC3)C2)cc1. The van der Waals surface area contributed by atoms with Crippen molar-refractivity contribution in [2.24, 2.45) is 5.92 Å².